The molecule has 0 bridgehead atoms. The third-order valence-electron chi connectivity index (χ3n) is 5.10. The second-order valence-electron chi connectivity index (χ2n) is 6.74. The molecule has 128 valence electrons. The highest BCUT2D eigenvalue weighted by Crippen LogP contribution is 2.41. The van der Waals surface area contributed by atoms with Gasteiger partial charge in [-0.05, 0) is 35.8 Å². The van der Waals surface area contributed by atoms with E-state index in [9.17, 15) is 0 Å². The molecule has 0 aromatic heterocycles. The first-order valence-corrected chi connectivity index (χ1v) is 8.98. The summed E-state index contributed by atoms with van der Waals surface area (Å²) >= 11 is 0. The monoisotopic (exact) mass is 340 g/mol. The maximum Gasteiger partial charge on any atom is 0.166 e. The molecule has 1 N–H and O–H groups in total. The van der Waals surface area contributed by atoms with Gasteiger partial charge in [0.05, 0.1) is 11.7 Å². The van der Waals surface area contributed by atoms with Gasteiger partial charge in [-0.15, -0.1) is 0 Å². The summed E-state index contributed by atoms with van der Waals surface area (Å²) in [5, 5.41) is 2.17. The Morgan fingerprint density at radius 1 is 0.769 bits per heavy atom. The van der Waals surface area contributed by atoms with Crippen LogP contribution in [-0.4, -0.2) is 11.2 Å². The van der Waals surface area contributed by atoms with E-state index in [1.54, 1.807) is 0 Å². The van der Waals surface area contributed by atoms with Crippen LogP contribution in [0.4, 0.5) is 0 Å². The number of fused-ring (bicyclic) bond motifs is 3. The summed E-state index contributed by atoms with van der Waals surface area (Å²) in [5.74, 6) is 0.972. The predicted octanol–water partition coefficient (Wildman–Crippen LogP) is 4.99. The lowest BCUT2D eigenvalue weighted by atomic mass is 10.0. The molecule has 5 rings (SSSR count). The van der Waals surface area contributed by atoms with Gasteiger partial charge in [0.1, 0.15) is 5.75 Å². The van der Waals surface area contributed by atoms with Crippen molar-refractivity contribution in [3.63, 3.8) is 0 Å². The summed E-state index contributed by atoms with van der Waals surface area (Å²) in [5.41, 5.74) is 9.51. The molecule has 0 aliphatic carbocycles. The molecule has 0 spiro atoms. The Kier molecular flexibility index (Phi) is 3.54. The molecule has 3 aromatic carbocycles. The maximum absolute atomic E-state index is 6.04. The molecular formula is C23H20N2O. The predicted molar refractivity (Wildman–Crippen MR) is 104 cm³/mol. The van der Waals surface area contributed by atoms with E-state index in [4.69, 9.17) is 4.74 Å². The molecule has 3 heteroatoms. The van der Waals surface area contributed by atoms with Crippen molar-refractivity contribution in [2.24, 2.45) is 0 Å². The first-order valence-electron chi connectivity index (χ1n) is 8.98. The van der Waals surface area contributed by atoms with Crippen molar-refractivity contribution < 1.29 is 4.74 Å². The van der Waals surface area contributed by atoms with Crippen LogP contribution >= 0.6 is 0 Å². The fourth-order valence-corrected chi connectivity index (χ4v) is 3.75. The zero-order valence-electron chi connectivity index (χ0n) is 14.6. The minimum Gasteiger partial charge on any atom is -0.473 e. The molecule has 26 heavy (non-hydrogen) atoms. The van der Waals surface area contributed by atoms with Gasteiger partial charge < -0.3 is 10.2 Å². The quantitative estimate of drug-likeness (QED) is 0.711. The van der Waals surface area contributed by atoms with Gasteiger partial charge in [-0.25, -0.2) is 0 Å². The molecule has 0 amide bonds. The second-order valence-corrected chi connectivity index (χ2v) is 6.74. The largest absolute Gasteiger partial charge is 0.473 e. The number of nitrogens with zero attached hydrogens (tertiary/aromatic N) is 1. The number of hydrogen-bond acceptors (Lipinski definition) is 3. The van der Waals surface area contributed by atoms with E-state index in [-0.39, 0.29) is 12.3 Å². The lowest BCUT2D eigenvalue weighted by Gasteiger charge is -2.36. The van der Waals surface area contributed by atoms with Crippen molar-refractivity contribution in [1.29, 1.82) is 0 Å². The normalized spacial score (nSPS) is 21.2. The van der Waals surface area contributed by atoms with Gasteiger partial charge in [-0.2, -0.15) is 5.01 Å². The van der Waals surface area contributed by atoms with E-state index in [0.717, 1.165) is 11.4 Å². The van der Waals surface area contributed by atoms with E-state index in [0.29, 0.717) is 0 Å². The zero-order valence-corrected chi connectivity index (χ0v) is 14.6. The van der Waals surface area contributed by atoms with Crippen LogP contribution in [0.1, 0.15) is 24.1 Å². The van der Waals surface area contributed by atoms with Crippen molar-refractivity contribution in [2.75, 3.05) is 0 Å². The summed E-state index contributed by atoms with van der Waals surface area (Å²) in [6.07, 6.45) is 2.27. The third-order valence-corrected chi connectivity index (χ3v) is 5.10. The van der Waals surface area contributed by atoms with Crippen molar-refractivity contribution in [2.45, 2.75) is 19.2 Å². The lowest BCUT2D eigenvalue weighted by Crippen LogP contribution is -2.46. The SMILES string of the molecule is C[C@H]1Oc2ccccc2[C@@H]2C=C(c3ccc(-c4ccccc4)cc3)NN12. The Hall–Kier alpha value is -3.04. The van der Waals surface area contributed by atoms with E-state index in [1.807, 2.05) is 18.2 Å². The highest BCUT2D eigenvalue weighted by molar-refractivity contribution is 5.71. The standard InChI is InChI=1S/C23H20N2O/c1-16-25-22(20-9-5-6-10-23(20)26-16)15-21(24-25)19-13-11-18(12-14-19)17-7-3-2-4-8-17/h2-16,22,24H,1H3/t16-,22+/m1/s1. The minimum atomic E-state index is -0.0211. The molecule has 0 saturated carbocycles. The number of benzene rings is 3. The molecule has 2 heterocycles. The third kappa shape index (κ3) is 2.49. The summed E-state index contributed by atoms with van der Waals surface area (Å²) in [4.78, 5) is 0. The number of ether oxygens (including phenoxy) is 1. The number of para-hydroxylation sites is 1. The minimum absolute atomic E-state index is 0.0211. The van der Waals surface area contributed by atoms with Crippen molar-refractivity contribution in [3.8, 4) is 16.9 Å². The average molecular weight is 340 g/mol. The Balaban J connectivity index is 1.47. The average Bonchev–Trinajstić information content (AvgIpc) is 3.15. The van der Waals surface area contributed by atoms with E-state index < -0.39 is 0 Å². The molecule has 3 nitrogen and oxygen atoms in total. The molecule has 3 aromatic rings. The Morgan fingerprint density at radius 3 is 2.23 bits per heavy atom. The highest BCUT2D eigenvalue weighted by atomic mass is 16.5. The van der Waals surface area contributed by atoms with E-state index in [1.165, 1.54) is 22.3 Å². The lowest BCUT2D eigenvalue weighted by molar-refractivity contribution is -0.0171. The molecule has 0 radical (unpaired) electrons. The van der Waals surface area contributed by atoms with Gasteiger partial charge in [-0.1, -0.05) is 72.8 Å². The summed E-state index contributed by atoms with van der Waals surface area (Å²) < 4.78 is 6.04. The van der Waals surface area contributed by atoms with Crippen LogP contribution in [-0.2, 0) is 0 Å². The highest BCUT2D eigenvalue weighted by Gasteiger charge is 2.36. The number of rotatable bonds is 2. The van der Waals surface area contributed by atoms with Gasteiger partial charge in [0, 0.05) is 5.56 Å². The first-order chi connectivity index (χ1) is 12.8. The number of hydrogen-bond donors (Lipinski definition) is 1. The van der Waals surface area contributed by atoms with Gasteiger partial charge in [-0.3, -0.25) is 0 Å². The van der Waals surface area contributed by atoms with E-state index >= 15 is 0 Å². The van der Waals surface area contributed by atoms with Crippen LogP contribution < -0.4 is 10.2 Å². The first kappa shape index (κ1) is 15.2. The fourth-order valence-electron chi connectivity index (χ4n) is 3.75. The van der Waals surface area contributed by atoms with Crippen LogP contribution in [0, 0.1) is 0 Å². The summed E-state index contributed by atoms with van der Waals surface area (Å²) in [6.45, 7) is 2.07. The van der Waals surface area contributed by atoms with Crippen LogP contribution in [0.25, 0.3) is 16.8 Å². The van der Waals surface area contributed by atoms with Gasteiger partial charge in [0.15, 0.2) is 6.23 Å². The van der Waals surface area contributed by atoms with Gasteiger partial charge in [0.25, 0.3) is 0 Å². The van der Waals surface area contributed by atoms with Crippen LogP contribution in [0.3, 0.4) is 0 Å². The summed E-state index contributed by atoms with van der Waals surface area (Å²) in [6, 6.07) is 27.6. The molecule has 2 aliphatic heterocycles. The van der Waals surface area contributed by atoms with Crippen LogP contribution in [0.2, 0.25) is 0 Å². The topological polar surface area (TPSA) is 24.5 Å². The molecule has 2 aliphatic rings. The summed E-state index contributed by atoms with van der Waals surface area (Å²) in [7, 11) is 0. The maximum atomic E-state index is 6.04. The van der Waals surface area contributed by atoms with Gasteiger partial charge >= 0.3 is 0 Å². The number of hydrazine groups is 1. The van der Waals surface area contributed by atoms with E-state index in [2.05, 4.69) is 84.1 Å². The van der Waals surface area contributed by atoms with Crippen molar-refractivity contribution in [1.82, 2.24) is 10.4 Å². The molecular weight excluding hydrogens is 320 g/mol. The Morgan fingerprint density at radius 2 is 1.42 bits per heavy atom. The van der Waals surface area contributed by atoms with Gasteiger partial charge in [0.2, 0.25) is 0 Å². The van der Waals surface area contributed by atoms with Crippen LogP contribution in [0.5, 0.6) is 5.75 Å². The van der Waals surface area contributed by atoms with Crippen molar-refractivity contribution >= 4 is 5.70 Å². The molecule has 0 fully saturated rings. The van der Waals surface area contributed by atoms with Crippen molar-refractivity contribution in [3.05, 3.63) is 96.1 Å². The zero-order chi connectivity index (χ0) is 17.5. The number of nitrogens with one attached hydrogen (secondary N) is 1. The Labute approximate surface area is 153 Å². The second kappa shape index (κ2) is 6.04. The van der Waals surface area contributed by atoms with Crippen LogP contribution in [0.15, 0.2) is 84.9 Å². The Bertz CT molecular complexity index is 963. The molecule has 2 atom stereocenters. The fraction of sp³-hybridized carbons (Fsp3) is 0.130. The smallest absolute Gasteiger partial charge is 0.166 e. The molecule has 0 unspecified atom stereocenters. The molecule has 0 saturated heterocycles.